The molecule has 0 saturated heterocycles. The molecule has 3 aromatic rings. The average molecular weight is 326 g/mol. The molecule has 0 aliphatic carbocycles. The minimum atomic E-state index is 0.709. The Bertz CT molecular complexity index is 661. The molecule has 106 valence electrons. The smallest absolute Gasteiger partial charge is 0.194 e. The molecule has 0 fully saturated rings. The number of aromatic nitrogens is 3. The summed E-state index contributed by atoms with van der Waals surface area (Å²) >= 11 is 4.91. The number of nitrogens with one attached hydrogen (secondary N) is 1. The Labute approximate surface area is 129 Å². The fourth-order valence-corrected chi connectivity index (χ4v) is 4.23. The molecule has 20 heavy (non-hydrogen) atoms. The van der Waals surface area contributed by atoms with E-state index in [2.05, 4.69) is 31.3 Å². The van der Waals surface area contributed by atoms with Crippen LogP contribution in [-0.2, 0) is 11.3 Å². The van der Waals surface area contributed by atoms with Crippen molar-refractivity contribution in [3.05, 3.63) is 28.8 Å². The van der Waals surface area contributed by atoms with Crippen molar-refractivity contribution < 1.29 is 4.74 Å². The molecule has 5 nitrogen and oxygen atoms in total. The quantitative estimate of drug-likeness (QED) is 0.677. The molecular formula is C12H14N4OS3. The van der Waals surface area contributed by atoms with Crippen LogP contribution in [0.15, 0.2) is 32.5 Å². The lowest BCUT2D eigenvalue weighted by molar-refractivity contribution is 0.199. The first-order valence-corrected chi connectivity index (χ1v) is 8.67. The van der Waals surface area contributed by atoms with Crippen molar-refractivity contribution in [3.8, 4) is 0 Å². The molecule has 0 aliphatic heterocycles. The van der Waals surface area contributed by atoms with E-state index in [4.69, 9.17) is 4.74 Å². The summed E-state index contributed by atoms with van der Waals surface area (Å²) in [5.74, 6) is 0. The van der Waals surface area contributed by atoms with Crippen LogP contribution in [0.4, 0.5) is 0 Å². The summed E-state index contributed by atoms with van der Waals surface area (Å²) in [7, 11) is 1.71. The van der Waals surface area contributed by atoms with Crippen molar-refractivity contribution in [2.75, 3.05) is 20.3 Å². The largest absolute Gasteiger partial charge is 0.383 e. The molecular weight excluding hydrogens is 312 g/mol. The van der Waals surface area contributed by atoms with Crippen molar-refractivity contribution in [1.82, 2.24) is 19.7 Å². The minimum absolute atomic E-state index is 0.709. The lowest BCUT2D eigenvalue weighted by Crippen LogP contribution is -2.19. The topological polar surface area (TPSA) is 51.5 Å². The molecule has 3 rings (SSSR count). The van der Waals surface area contributed by atoms with Crippen molar-refractivity contribution >= 4 is 39.4 Å². The van der Waals surface area contributed by atoms with Crippen molar-refractivity contribution in [2.45, 2.75) is 15.9 Å². The minimum Gasteiger partial charge on any atom is -0.383 e. The lowest BCUT2D eigenvalue weighted by atomic mass is 10.4. The van der Waals surface area contributed by atoms with Gasteiger partial charge in [-0.15, -0.1) is 22.7 Å². The molecule has 3 heterocycles. The van der Waals surface area contributed by atoms with Gasteiger partial charge in [-0.1, -0.05) is 0 Å². The highest BCUT2D eigenvalue weighted by Gasteiger charge is 2.15. The molecule has 0 saturated carbocycles. The van der Waals surface area contributed by atoms with Gasteiger partial charge < -0.3 is 10.1 Å². The second kappa shape index (κ2) is 6.68. The zero-order valence-electron chi connectivity index (χ0n) is 10.9. The zero-order chi connectivity index (χ0) is 13.8. The maximum absolute atomic E-state index is 5.05. The van der Waals surface area contributed by atoms with Gasteiger partial charge in [-0.2, -0.15) is 0 Å². The Hall–Kier alpha value is -0.930. The van der Waals surface area contributed by atoms with Crippen molar-refractivity contribution in [3.63, 3.8) is 0 Å². The van der Waals surface area contributed by atoms with Gasteiger partial charge in [-0.25, -0.2) is 9.97 Å². The summed E-state index contributed by atoms with van der Waals surface area (Å²) in [5.41, 5.74) is 1.18. The van der Waals surface area contributed by atoms with Gasteiger partial charge in [0.05, 0.1) is 12.3 Å². The van der Waals surface area contributed by atoms with E-state index in [1.54, 1.807) is 41.5 Å². The third-order valence-electron chi connectivity index (χ3n) is 2.69. The Balaban J connectivity index is 1.80. The Kier molecular flexibility index (Phi) is 4.69. The molecule has 0 spiro atoms. The first-order chi connectivity index (χ1) is 9.88. The van der Waals surface area contributed by atoms with E-state index in [0.717, 1.165) is 27.4 Å². The molecule has 0 bridgehead atoms. The number of methoxy groups -OCH3 is 1. The highest BCUT2D eigenvalue weighted by molar-refractivity contribution is 8.01. The molecule has 0 unspecified atom stereocenters. The van der Waals surface area contributed by atoms with E-state index in [0.29, 0.717) is 6.61 Å². The first kappa shape index (κ1) is 14.0. The number of imidazole rings is 1. The van der Waals surface area contributed by atoms with E-state index < -0.39 is 0 Å². The molecule has 8 heteroatoms. The van der Waals surface area contributed by atoms with Crippen LogP contribution in [-0.4, -0.2) is 34.6 Å². The number of rotatable bonds is 7. The highest BCUT2D eigenvalue weighted by Crippen LogP contribution is 2.32. The van der Waals surface area contributed by atoms with Gasteiger partial charge in [-0.05, 0) is 11.8 Å². The Morgan fingerprint density at radius 3 is 3.15 bits per heavy atom. The maximum Gasteiger partial charge on any atom is 0.194 e. The van der Waals surface area contributed by atoms with Gasteiger partial charge in [0, 0.05) is 43.4 Å². The fourth-order valence-electron chi connectivity index (χ4n) is 1.78. The van der Waals surface area contributed by atoms with E-state index in [1.165, 1.54) is 5.69 Å². The number of ether oxygens (including phenoxy) is 1. The second-order valence-corrected chi connectivity index (χ2v) is 6.99. The normalized spacial score (nSPS) is 11.4. The lowest BCUT2D eigenvalue weighted by Gasteiger charge is -2.05. The van der Waals surface area contributed by atoms with Crippen LogP contribution in [0.3, 0.4) is 0 Å². The summed E-state index contributed by atoms with van der Waals surface area (Å²) in [6, 6.07) is 0. The van der Waals surface area contributed by atoms with E-state index >= 15 is 0 Å². The predicted octanol–water partition coefficient (Wildman–Crippen LogP) is 2.74. The van der Waals surface area contributed by atoms with Crippen LogP contribution in [0.2, 0.25) is 0 Å². The second-order valence-electron chi connectivity index (χ2n) is 3.99. The highest BCUT2D eigenvalue weighted by atomic mass is 32.2. The number of fused-ring (bicyclic) bond motifs is 1. The van der Waals surface area contributed by atoms with Crippen LogP contribution >= 0.6 is 34.4 Å². The van der Waals surface area contributed by atoms with Crippen LogP contribution in [0.5, 0.6) is 0 Å². The molecule has 0 atom stereocenters. The maximum atomic E-state index is 5.05. The number of nitrogens with zero attached hydrogens (tertiary/aromatic N) is 3. The number of thiazole rings is 2. The van der Waals surface area contributed by atoms with Gasteiger partial charge in [0.2, 0.25) is 0 Å². The van der Waals surface area contributed by atoms with Crippen molar-refractivity contribution in [1.29, 1.82) is 0 Å². The summed E-state index contributed by atoms with van der Waals surface area (Å²) in [4.78, 5) is 10.0. The summed E-state index contributed by atoms with van der Waals surface area (Å²) < 4.78 is 8.21. The van der Waals surface area contributed by atoms with E-state index in [-0.39, 0.29) is 0 Å². The Morgan fingerprint density at radius 2 is 2.35 bits per heavy atom. The molecule has 1 N–H and O–H groups in total. The van der Waals surface area contributed by atoms with Crippen LogP contribution in [0.25, 0.3) is 4.96 Å². The van der Waals surface area contributed by atoms with E-state index in [1.807, 2.05) is 11.6 Å². The van der Waals surface area contributed by atoms with Gasteiger partial charge in [0.15, 0.2) is 9.30 Å². The molecule has 0 amide bonds. The van der Waals surface area contributed by atoms with Crippen LogP contribution in [0.1, 0.15) is 5.69 Å². The fraction of sp³-hybridized carbons (Fsp3) is 0.333. The average Bonchev–Trinajstić information content (AvgIpc) is 3.14. The van der Waals surface area contributed by atoms with Gasteiger partial charge in [0.25, 0.3) is 0 Å². The molecule has 0 aliphatic rings. The summed E-state index contributed by atoms with van der Waals surface area (Å²) in [6.07, 6.45) is 3.88. The summed E-state index contributed by atoms with van der Waals surface area (Å²) in [5, 5.41) is 8.44. The first-order valence-electron chi connectivity index (χ1n) is 6.10. The number of hydrogen-bond donors (Lipinski definition) is 1. The van der Waals surface area contributed by atoms with Crippen LogP contribution < -0.4 is 5.32 Å². The van der Waals surface area contributed by atoms with E-state index in [9.17, 15) is 0 Å². The van der Waals surface area contributed by atoms with Crippen molar-refractivity contribution in [2.24, 2.45) is 0 Å². The molecule has 3 aromatic heterocycles. The SMILES string of the molecule is COCCNCc1c(Sc2nccs2)nc2sccn12. The Morgan fingerprint density at radius 1 is 1.40 bits per heavy atom. The predicted molar refractivity (Wildman–Crippen MR) is 82.9 cm³/mol. The monoisotopic (exact) mass is 326 g/mol. The third kappa shape index (κ3) is 3.04. The molecule has 0 radical (unpaired) electrons. The van der Waals surface area contributed by atoms with Gasteiger partial charge >= 0.3 is 0 Å². The number of hydrogen-bond acceptors (Lipinski definition) is 7. The molecule has 0 aromatic carbocycles. The van der Waals surface area contributed by atoms with Gasteiger partial charge in [-0.3, -0.25) is 4.40 Å². The van der Waals surface area contributed by atoms with Crippen LogP contribution in [0, 0.1) is 0 Å². The standard InChI is InChI=1S/C12H14N4OS3/c1-17-5-2-13-8-9-10(20-12-14-3-6-19-12)15-11-16(9)4-7-18-11/h3-4,6-7,13H,2,5,8H2,1H3. The third-order valence-corrected chi connectivity index (χ3v) is 5.35. The zero-order valence-corrected chi connectivity index (χ0v) is 13.4. The summed E-state index contributed by atoms with van der Waals surface area (Å²) in [6.45, 7) is 2.31. The van der Waals surface area contributed by atoms with Gasteiger partial charge in [0.1, 0.15) is 5.03 Å².